The van der Waals surface area contributed by atoms with Crippen LogP contribution in [0, 0.1) is 0 Å². The Morgan fingerprint density at radius 3 is 2.75 bits per heavy atom. The Bertz CT molecular complexity index is 209. The van der Waals surface area contributed by atoms with Gasteiger partial charge in [0, 0.05) is 36.0 Å². The van der Waals surface area contributed by atoms with Gasteiger partial charge in [-0.2, -0.15) is 0 Å². The highest BCUT2D eigenvalue weighted by molar-refractivity contribution is 14.1. The summed E-state index contributed by atoms with van der Waals surface area (Å²) in [5.41, 5.74) is 5.02. The van der Waals surface area contributed by atoms with Gasteiger partial charge in [-0.1, -0.05) is 0 Å². The second kappa shape index (κ2) is 4.04. The lowest BCUT2D eigenvalue weighted by Crippen LogP contribution is -2.42. The molecule has 1 aliphatic rings. The van der Waals surface area contributed by atoms with Crippen LogP contribution in [0.25, 0.3) is 0 Å². The molecule has 0 bridgehead atoms. The van der Waals surface area contributed by atoms with Crippen molar-refractivity contribution in [2.75, 3.05) is 19.6 Å². The maximum atomic E-state index is 11.2. The predicted octanol–water partition coefficient (Wildman–Crippen LogP) is -0.0506. The van der Waals surface area contributed by atoms with Crippen LogP contribution >= 0.6 is 22.9 Å². The fourth-order valence-electron chi connectivity index (χ4n) is 1.07. The summed E-state index contributed by atoms with van der Waals surface area (Å²) < 4.78 is 1.85. The Kier molecular flexibility index (Phi) is 3.27. The summed E-state index contributed by atoms with van der Waals surface area (Å²) >= 11 is 2.06. The molecule has 0 aromatic carbocycles. The van der Waals surface area contributed by atoms with Crippen molar-refractivity contribution in [1.29, 1.82) is 0 Å². The first-order valence-electron chi connectivity index (χ1n) is 3.62. The molecule has 0 unspecified atom stereocenters. The Morgan fingerprint density at radius 1 is 1.50 bits per heavy atom. The number of urea groups is 1. The van der Waals surface area contributed by atoms with Crippen LogP contribution in [0.3, 0.4) is 0 Å². The van der Waals surface area contributed by atoms with Crippen molar-refractivity contribution < 1.29 is 9.59 Å². The highest BCUT2D eigenvalue weighted by atomic mass is 127. The molecule has 0 spiro atoms. The second-order valence-corrected chi connectivity index (χ2v) is 3.95. The number of primary amides is 1. The first kappa shape index (κ1) is 9.72. The number of carbonyl (C=O) groups is 2. The molecule has 2 N–H and O–H groups in total. The summed E-state index contributed by atoms with van der Waals surface area (Å²) in [6.45, 7) is 1.52. The van der Waals surface area contributed by atoms with Crippen molar-refractivity contribution in [3.63, 3.8) is 0 Å². The molecule has 1 rings (SSSR count). The van der Waals surface area contributed by atoms with Crippen LogP contribution in [0.15, 0.2) is 0 Å². The van der Waals surface area contributed by atoms with Gasteiger partial charge in [0.1, 0.15) is 0 Å². The molecular weight excluding hydrogens is 273 g/mol. The van der Waals surface area contributed by atoms with Gasteiger partial charge < -0.3 is 5.73 Å². The van der Waals surface area contributed by atoms with Crippen LogP contribution in [0.4, 0.5) is 4.79 Å². The largest absolute Gasteiger partial charge is 0.351 e. The minimum absolute atomic E-state index is 0.214. The molecule has 12 heavy (non-hydrogen) atoms. The number of hydrogen-bond donors (Lipinski definition) is 1. The van der Waals surface area contributed by atoms with Gasteiger partial charge in [0.15, 0.2) is 0 Å². The number of hydrogen-bond acceptors (Lipinski definition) is 3. The molecule has 5 nitrogen and oxygen atoms in total. The van der Waals surface area contributed by atoms with Crippen molar-refractivity contribution in [3.8, 4) is 0 Å². The highest BCUT2D eigenvalue weighted by Gasteiger charge is 2.23. The van der Waals surface area contributed by atoms with Gasteiger partial charge in [-0.05, 0) is 6.42 Å². The highest BCUT2D eigenvalue weighted by Crippen LogP contribution is 2.07. The normalized spacial score (nSPS) is 20.8. The Morgan fingerprint density at radius 2 is 2.17 bits per heavy atom. The van der Waals surface area contributed by atoms with Crippen molar-refractivity contribution in [2.24, 2.45) is 5.73 Å². The first-order chi connectivity index (χ1) is 5.61. The Balaban J connectivity index is 2.64. The fourth-order valence-corrected chi connectivity index (χ4v) is 1.70. The van der Waals surface area contributed by atoms with Crippen molar-refractivity contribution in [1.82, 2.24) is 8.01 Å². The average Bonchev–Trinajstić information content (AvgIpc) is 2.10. The average molecular weight is 283 g/mol. The summed E-state index contributed by atoms with van der Waals surface area (Å²) in [6, 6.07) is -0.647. The van der Waals surface area contributed by atoms with Gasteiger partial charge in [0.2, 0.25) is 5.91 Å². The van der Waals surface area contributed by atoms with E-state index in [2.05, 4.69) is 22.9 Å². The summed E-state index contributed by atoms with van der Waals surface area (Å²) in [6.07, 6.45) is 0.789. The van der Waals surface area contributed by atoms with E-state index < -0.39 is 6.03 Å². The lowest BCUT2D eigenvalue weighted by molar-refractivity contribution is -0.127. The molecule has 3 amide bonds. The first-order valence-corrected chi connectivity index (χ1v) is 4.58. The molecule has 0 aliphatic carbocycles. The van der Waals surface area contributed by atoms with E-state index >= 15 is 0 Å². The van der Waals surface area contributed by atoms with E-state index in [0.29, 0.717) is 6.54 Å². The SMILES string of the molecule is NC(=O)N1CCCN(I)CC1=O. The van der Waals surface area contributed by atoms with Crippen molar-refractivity contribution in [2.45, 2.75) is 6.42 Å². The van der Waals surface area contributed by atoms with Crippen LogP contribution in [0.2, 0.25) is 0 Å². The third-order valence-corrected chi connectivity index (χ3v) is 2.48. The minimum Gasteiger partial charge on any atom is -0.351 e. The van der Waals surface area contributed by atoms with Crippen molar-refractivity contribution in [3.05, 3.63) is 0 Å². The quantitative estimate of drug-likeness (QED) is 0.500. The molecule has 1 saturated heterocycles. The van der Waals surface area contributed by atoms with E-state index in [4.69, 9.17) is 5.73 Å². The molecule has 6 heteroatoms. The number of imide groups is 1. The molecule has 1 aliphatic heterocycles. The summed E-state index contributed by atoms with van der Waals surface area (Å²) in [5.74, 6) is -0.214. The monoisotopic (exact) mass is 283 g/mol. The van der Waals surface area contributed by atoms with Gasteiger partial charge in [-0.25, -0.2) is 7.91 Å². The second-order valence-electron chi connectivity index (χ2n) is 2.58. The fraction of sp³-hybridized carbons (Fsp3) is 0.667. The van der Waals surface area contributed by atoms with E-state index in [1.54, 1.807) is 0 Å². The number of carbonyl (C=O) groups excluding carboxylic acids is 2. The van der Waals surface area contributed by atoms with Gasteiger partial charge >= 0.3 is 6.03 Å². The molecule has 1 fully saturated rings. The maximum Gasteiger partial charge on any atom is 0.321 e. The van der Waals surface area contributed by atoms with Crippen molar-refractivity contribution >= 4 is 34.8 Å². The molecular formula is C6H10IN3O2. The van der Waals surface area contributed by atoms with Crippen LogP contribution in [0.5, 0.6) is 0 Å². The summed E-state index contributed by atoms with van der Waals surface area (Å²) in [7, 11) is 0. The van der Waals surface area contributed by atoms with E-state index in [9.17, 15) is 9.59 Å². The van der Waals surface area contributed by atoms with Gasteiger partial charge in [-0.15, -0.1) is 0 Å². The molecule has 0 aromatic heterocycles. The topological polar surface area (TPSA) is 66.6 Å². The number of nitrogens with zero attached hydrogens (tertiary/aromatic N) is 2. The standard InChI is InChI=1S/C6H10IN3O2/c7-9-2-1-3-10(6(8)12)5(11)4-9/h1-4H2,(H2,8,12). The van der Waals surface area contributed by atoms with E-state index in [-0.39, 0.29) is 12.5 Å². The summed E-state index contributed by atoms with van der Waals surface area (Å²) in [4.78, 5) is 23.1. The third kappa shape index (κ3) is 2.31. The van der Waals surface area contributed by atoms with Gasteiger partial charge in [-0.3, -0.25) is 9.69 Å². The minimum atomic E-state index is -0.647. The van der Waals surface area contributed by atoms with Gasteiger partial charge in [0.05, 0.1) is 6.54 Å². The number of rotatable bonds is 0. The number of halogens is 1. The Hall–Kier alpha value is -0.370. The molecule has 68 valence electrons. The zero-order chi connectivity index (χ0) is 9.14. The zero-order valence-corrected chi connectivity index (χ0v) is 8.65. The van der Waals surface area contributed by atoms with Crippen LogP contribution in [0.1, 0.15) is 6.42 Å². The zero-order valence-electron chi connectivity index (χ0n) is 6.49. The van der Waals surface area contributed by atoms with E-state index in [1.807, 2.05) is 3.11 Å². The summed E-state index contributed by atoms with van der Waals surface area (Å²) in [5, 5.41) is 0. The molecule has 0 atom stereocenters. The van der Waals surface area contributed by atoms with Crippen LogP contribution < -0.4 is 5.73 Å². The van der Waals surface area contributed by atoms with E-state index in [1.165, 1.54) is 0 Å². The smallest absolute Gasteiger partial charge is 0.321 e. The van der Waals surface area contributed by atoms with Crippen LogP contribution in [-0.2, 0) is 4.79 Å². The third-order valence-electron chi connectivity index (χ3n) is 1.66. The molecule has 0 saturated carbocycles. The Labute approximate surface area is 84.4 Å². The number of amides is 3. The lowest BCUT2D eigenvalue weighted by Gasteiger charge is -2.14. The lowest BCUT2D eigenvalue weighted by atomic mass is 10.4. The maximum absolute atomic E-state index is 11.2. The molecule has 0 radical (unpaired) electrons. The van der Waals surface area contributed by atoms with E-state index in [0.717, 1.165) is 17.9 Å². The predicted molar refractivity (Wildman–Crippen MR) is 51.5 cm³/mol. The molecule has 0 aromatic rings. The van der Waals surface area contributed by atoms with Gasteiger partial charge in [0.25, 0.3) is 0 Å². The van der Waals surface area contributed by atoms with Crippen LogP contribution in [-0.4, -0.2) is 39.6 Å². The molecule has 1 heterocycles. The number of nitrogens with two attached hydrogens (primary N) is 1.